The number of imide groups is 1. The van der Waals surface area contributed by atoms with Gasteiger partial charge in [0.1, 0.15) is 5.70 Å². The third-order valence-corrected chi connectivity index (χ3v) is 4.73. The summed E-state index contributed by atoms with van der Waals surface area (Å²) in [7, 11) is 0. The van der Waals surface area contributed by atoms with Crippen molar-refractivity contribution in [3.05, 3.63) is 113 Å². The second kappa shape index (κ2) is 7.92. The molecular formula is C24H20N2O2. The molecule has 0 bridgehead atoms. The van der Waals surface area contributed by atoms with Crippen LogP contribution in [0.1, 0.15) is 16.7 Å². The van der Waals surface area contributed by atoms with Crippen LogP contribution in [0.4, 0.5) is 0 Å². The zero-order valence-corrected chi connectivity index (χ0v) is 15.3. The van der Waals surface area contributed by atoms with Crippen molar-refractivity contribution >= 4 is 17.4 Å². The Morgan fingerprint density at radius 3 is 1.79 bits per heavy atom. The summed E-state index contributed by atoms with van der Waals surface area (Å²) in [5.41, 5.74) is 3.49. The summed E-state index contributed by atoms with van der Waals surface area (Å²) >= 11 is 0. The molecule has 4 rings (SSSR count). The first-order chi connectivity index (χ1) is 13.7. The van der Waals surface area contributed by atoms with Crippen LogP contribution < -0.4 is 5.32 Å². The molecule has 1 N–H and O–H groups in total. The number of carbonyl (C=O) groups excluding carboxylic acids is 2. The number of hydrogen-bond donors (Lipinski definition) is 1. The highest BCUT2D eigenvalue weighted by Gasteiger charge is 2.38. The van der Waals surface area contributed by atoms with Gasteiger partial charge in [0.05, 0.1) is 12.1 Å². The largest absolute Gasteiger partial charge is 0.376 e. The van der Waals surface area contributed by atoms with Gasteiger partial charge < -0.3 is 5.32 Å². The van der Waals surface area contributed by atoms with Gasteiger partial charge in [0.2, 0.25) is 0 Å². The summed E-state index contributed by atoms with van der Waals surface area (Å²) in [6, 6.07) is 28.7. The van der Waals surface area contributed by atoms with E-state index in [-0.39, 0.29) is 18.4 Å². The smallest absolute Gasteiger partial charge is 0.277 e. The van der Waals surface area contributed by atoms with E-state index in [1.807, 2.05) is 91.0 Å². The average Bonchev–Trinajstić information content (AvgIpc) is 2.98. The van der Waals surface area contributed by atoms with Gasteiger partial charge in [-0.2, -0.15) is 0 Å². The topological polar surface area (TPSA) is 49.4 Å². The number of amides is 2. The molecule has 0 spiro atoms. The zero-order chi connectivity index (χ0) is 19.3. The van der Waals surface area contributed by atoms with Gasteiger partial charge in [-0.1, -0.05) is 91.0 Å². The second-order valence-corrected chi connectivity index (χ2v) is 6.64. The lowest BCUT2D eigenvalue weighted by molar-refractivity contribution is -0.137. The van der Waals surface area contributed by atoms with Gasteiger partial charge in [0.25, 0.3) is 11.8 Å². The number of rotatable bonds is 6. The molecule has 4 nitrogen and oxygen atoms in total. The van der Waals surface area contributed by atoms with Gasteiger partial charge >= 0.3 is 0 Å². The average molecular weight is 368 g/mol. The van der Waals surface area contributed by atoms with Crippen LogP contribution in [0.5, 0.6) is 0 Å². The molecule has 2 amide bonds. The Balaban J connectivity index is 1.66. The molecular weight excluding hydrogens is 348 g/mol. The molecule has 0 saturated carbocycles. The van der Waals surface area contributed by atoms with Crippen molar-refractivity contribution in [1.82, 2.24) is 10.2 Å². The van der Waals surface area contributed by atoms with Gasteiger partial charge in [-0.3, -0.25) is 14.5 Å². The molecule has 0 radical (unpaired) electrons. The quantitative estimate of drug-likeness (QED) is 0.674. The molecule has 1 aliphatic rings. The molecule has 3 aromatic carbocycles. The van der Waals surface area contributed by atoms with Crippen molar-refractivity contribution in [2.45, 2.75) is 13.1 Å². The Kier molecular flexibility index (Phi) is 5.02. The van der Waals surface area contributed by atoms with Crippen LogP contribution in [-0.4, -0.2) is 16.7 Å². The fraction of sp³-hybridized carbons (Fsp3) is 0.0833. The van der Waals surface area contributed by atoms with Crippen molar-refractivity contribution in [2.24, 2.45) is 0 Å². The third kappa shape index (κ3) is 3.58. The van der Waals surface area contributed by atoms with Crippen LogP contribution in [-0.2, 0) is 22.7 Å². The maximum atomic E-state index is 13.1. The highest BCUT2D eigenvalue weighted by Crippen LogP contribution is 2.29. The number of hydrogen-bond acceptors (Lipinski definition) is 3. The standard InChI is InChI=1S/C24H20N2O2/c27-23-21(20-14-8-3-9-15-20)22(25-16-18-10-4-1-5-11-18)24(28)26(23)17-19-12-6-2-7-13-19/h1-15,25H,16-17H2. The number of nitrogens with one attached hydrogen (secondary N) is 1. The first kappa shape index (κ1) is 17.7. The van der Waals surface area contributed by atoms with Gasteiger partial charge in [-0.05, 0) is 16.7 Å². The van der Waals surface area contributed by atoms with Crippen LogP contribution in [0, 0.1) is 0 Å². The Morgan fingerprint density at radius 2 is 1.18 bits per heavy atom. The SMILES string of the molecule is O=C1C(NCc2ccccc2)=C(c2ccccc2)C(=O)N1Cc1ccccc1. The monoisotopic (exact) mass is 368 g/mol. The molecule has 28 heavy (non-hydrogen) atoms. The maximum Gasteiger partial charge on any atom is 0.277 e. The van der Waals surface area contributed by atoms with E-state index in [1.54, 1.807) is 0 Å². The van der Waals surface area contributed by atoms with Crippen molar-refractivity contribution in [3.63, 3.8) is 0 Å². The molecule has 0 aromatic heterocycles. The van der Waals surface area contributed by atoms with Gasteiger partial charge in [0, 0.05) is 6.54 Å². The maximum absolute atomic E-state index is 13.1. The molecule has 4 heteroatoms. The molecule has 1 heterocycles. The lowest BCUT2D eigenvalue weighted by Crippen LogP contribution is -2.33. The minimum atomic E-state index is -0.288. The number of nitrogens with zero attached hydrogens (tertiary/aromatic N) is 1. The number of carbonyl (C=O) groups is 2. The lowest BCUT2D eigenvalue weighted by Gasteiger charge is -2.15. The fourth-order valence-corrected chi connectivity index (χ4v) is 3.31. The molecule has 0 atom stereocenters. The summed E-state index contributed by atoms with van der Waals surface area (Å²) in [5.74, 6) is -0.556. The molecule has 138 valence electrons. The Bertz CT molecular complexity index is 1010. The van der Waals surface area contributed by atoms with Crippen molar-refractivity contribution in [1.29, 1.82) is 0 Å². The fourth-order valence-electron chi connectivity index (χ4n) is 3.31. The minimum absolute atomic E-state index is 0.255. The van der Waals surface area contributed by atoms with Crippen molar-refractivity contribution in [3.8, 4) is 0 Å². The van der Waals surface area contributed by atoms with E-state index in [1.165, 1.54) is 4.90 Å². The van der Waals surface area contributed by atoms with E-state index in [0.29, 0.717) is 17.8 Å². The van der Waals surface area contributed by atoms with Gasteiger partial charge in [0.15, 0.2) is 0 Å². The lowest BCUT2D eigenvalue weighted by atomic mass is 10.0. The molecule has 0 aliphatic carbocycles. The van der Waals surface area contributed by atoms with Crippen LogP contribution in [0.15, 0.2) is 96.7 Å². The van der Waals surface area contributed by atoms with Crippen molar-refractivity contribution < 1.29 is 9.59 Å². The molecule has 0 unspecified atom stereocenters. The molecule has 0 fully saturated rings. The van der Waals surface area contributed by atoms with Crippen LogP contribution >= 0.6 is 0 Å². The minimum Gasteiger partial charge on any atom is -0.376 e. The van der Waals surface area contributed by atoms with E-state index in [0.717, 1.165) is 16.7 Å². The zero-order valence-electron chi connectivity index (χ0n) is 15.3. The van der Waals surface area contributed by atoms with E-state index >= 15 is 0 Å². The number of benzene rings is 3. The summed E-state index contributed by atoms with van der Waals surface area (Å²) in [5, 5.41) is 3.21. The Labute approximate surface area is 164 Å². The van der Waals surface area contributed by atoms with Gasteiger partial charge in [-0.25, -0.2) is 0 Å². The van der Waals surface area contributed by atoms with E-state index < -0.39 is 0 Å². The van der Waals surface area contributed by atoms with Crippen LogP contribution in [0.25, 0.3) is 5.57 Å². The summed E-state index contributed by atoms with van der Waals surface area (Å²) in [6.07, 6.45) is 0. The van der Waals surface area contributed by atoms with Crippen LogP contribution in [0.2, 0.25) is 0 Å². The summed E-state index contributed by atoms with van der Waals surface area (Å²) in [6.45, 7) is 0.732. The van der Waals surface area contributed by atoms with Gasteiger partial charge in [-0.15, -0.1) is 0 Å². The van der Waals surface area contributed by atoms with E-state index in [4.69, 9.17) is 0 Å². The normalized spacial score (nSPS) is 13.9. The van der Waals surface area contributed by atoms with E-state index in [2.05, 4.69) is 5.32 Å². The highest BCUT2D eigenvalue weighted by atomic mass is 16.2. The first-order valence-corrected chi connectivity index (χ1v) is 9.21. The molecule has 3 aromatic rings. The predicted octanol–water partition coefficient (Wildman–Crippen LogP) is 3.76. The van der Waals surface area contributed by atoms with E-state index in [9.17, 15) is 9.59 Å². The highest BCUT2D eigenvalue weighted by molar-refractivity contribution is 6.35. The first-order valence-electron chi connectivity index (χ1n) is 9.21. The van der Waals surface area contributed by atoms with Crippen LogP contribution in [0.3, 0.4) is 0 Å². The second-order valence-electron chi connectivity index (χ2n) is 6.64. The Morgan fingerprint density at radius 1 is 0.643 bits per heavy atom. The molecule has 0 saturated heterocycles. The van der Waals surface area contributed by atoms with Crippen molar-refractivity contribution in [2.75, 3.05) is 0 Å². The molecule has 1 aliphatic heterocycles. The summed E-state index contributed by atoms with van der Waals surface area (Å²) in [4.78, 5) is 27.6. The predicted molar refractivity (Wildman–Crippen MR) is 109 cm³/mol. The Hall–Kier alpha value is -3.66. The summed E-state index contributed by atoms with van der Waals surface area (Å²) < 4.78 is 0. The third-order valence-electron chi connectivity index (χ3n) is 4.73.